The number of rotatable bonds is 5. The average molecular weight is 290 g/mol. The number of carboxylic acid groups (broad SMARTS) is 1. The highest BCUT2D eigenvalue weighted by molar-refractivity contribution is 5.73. The molecule has 0 aromatic heterocycles. The van der Waals surface area contributed by atoms with Crippen molar-refractivity contribution in [3.63, 3.8) is 0 Å². The third kappa shape index (κ3) is 10.7. The van der Waals surface area contributed by atoms with Crippen molar-refractivity contribution < 1.29 is 32.2 Å². The van der Waals surface area contributed by atoms with Gasteiger partial charge in [0.1, 0.15) is 6.67 Å². The number of halogens is 4. The predicted molar refractivity (Wildman–Crippen MR) is 59.8 cm³/mol. The first-order chi connectivity index (χ1) is 8.88. The summed E-state index contributed by atoms with van der Waals surface area (Å²) in [5, 5.41) is 10.4. The topological polar surface area (TPSA) is 61.8 Å². The third-order valence-corrected chi connectivity index (χ3v) is 2.23. The molecule has 0 aliphatic carbocycles. The molecule has 1 heterocycles. The van der Waals surface area contributed by atoms with Crippen molar-refractivity contribution in [1.82, 2.24) is 10.2 Å². The molecular weight excluding hydrogens is 272 g/mol. The molecule has 114 valence electrons. The highest BCUT2D eigenvalue weighted by Crippen LogP contribution is 2.13. The number of nitrogens with zero attached hydrogens (tertiary/aromatic N) is 1. The summed E-state index contributed by atoms with van der Waals surface area (Å²) in [4.78, 5) is 11.2. The van der Waals surface area contributed by atoms with Crippen molar-refractivity contribution in [3.8, 4) is 0 Å². The summed E-state index contributed by atoms with van der Waals surface area (Å²) in [5.74, 6) is -2.76. The fourth-order valence-corrected chi connectivity index (χ4v) is 1.29. The zero-order chi connectivity index (χ0) is 14.7. The molecule has 0 aromatic carbocycles. The number of nitrogens with one attached hydrogen (secondary N) is 1. The zero-order valence-corrected chi connectivity index (χ0v) is 10.4. The Labute approximate surface area is 108 Å². The van der Waals surface area contributed by atoms with Crippen molar-refractivity contribution in [2.75, 3.05) is 52.6 Å². The summed E-state index contributed by atoms with van der Waals surface area (Å²) < 4.78 is 48.4. The third-order valence-electron chi connectivity index (χ3n) is 2.23. The van der Waals surface area contributed by atoms with Gasteiger partial charge in [-0.25, -0.2) is 9.18 Å². The van der Waals surface area contributed by atoms with Crippen LogP contribution in [0, 0.1) is 0 Å². The van der Waals surface area contributed by atoms with Gasteiger partial charge in [0.15, 0.2) is 0 Å². The second-order valence-corrected chi connectivity index (χ2v) is 3.70. The first-order valence-electron chi connectivity index (χ1n) is 5.75. The number of hydrogen-bond acceptors (Lipinski definition) is 4. The summed E-state index contributed by atoms with van der Waals surface area (Å²) >= 11 is 0. The number of hydrogen-bond donors (Lipinski definition) is 2. The van der Waals surface area contributed by atoms with E-state index in [1.54, 1.807) is 0 Å². The van der Waals surface area contributed by atoms with Crippen LogP contribution >= 0.6 is 0 Å². The number of piperazine rings is 1. The Balaban J connectivity index is 0.000000399. The molecule has 19 heavy (non-hydrogen) atoms. The van der Waals surface area contributed by atoms with Crippen LogP contribution in [-0.2, 0) is 9.53 Å². The summed E-state index contributed by atoms with van der Waals surface area (Å²) in [7, 11) is 0. The maximum Gasteiger partial charge on any atom is 0.490 e. The average Bonchev–Trinajstić information content (AvgIpc) is 2.35. The maximum absolute atomic E-state index is 11.6. The van der Waals surface area contributed by atoms with Crippen LogP contribution in [0.3, 0.4) is 0 Å². The van der Waals surface area contributed by atoms with Crippen molar-refractivity contribution in [3.05, 3.63) is 0 Å². The predicted octanol–water partition coefficient (Wildman–Crippen LogP) is 0.511. The molecule has 1 saturated heterocycles. The second-order valence-electron chi connectivity index (χ2n) is 3.70. The van der Waals surface area contributed by atoms with Gasteiger partial charge < -0.3 is 15.2 Å². The minimum Gasteiger partial charge on any atom is -0.475 e. The van der Waals surface area contributed by atoms with Crippen LogP contribution in [0.15, 0.2) is 0 Å². The first kappa shape index (κ1) is 18.1. The molecule has 0 atom stereocenters. The minimum absolute atomic E-state index is 0.242. The molecule has 0 saturated carbocycles. The van der Waals surface area contributed by atoms with E-state index < -0.39 is 12.1 Å². The summed E-state index contributed by atoms with van der Waals surface area (Å²) in [6, 6.07) is 0. The molecule has 0 unspecified atom stereocenters. The van der Waals surface area contributed by atoms with Gasteiger partial charge in [0.05, 0.1) is 13.2 Å². The van der Waals surface area contributed by atoms with Crippen LogP contribution in [0.5, 0.6) is 0 Å². The van der Waals surface area contributed by atoms with E-state index in [0.717, 1.165) is 32.7 Å². The van der Waals surface area contributed by atoms with Crippen molar-refractivity contribution in [2.45, 2.75) is 6.18 Å². The van der Waals surface area contributed by atoms with Crippen LogP contribution in [0.4, 0.5) is 17.6 Å². The van der Waals surface area contributed by atoms with Crippen molar-refractivity contribution in [2.24, 2.45) is 0 Å². The van der Waals surface area contributed by atoms with Gasteiger partial charge in [0, 0.05) is 32.7 Å². The SMILES string of the molecule is FCCOCCN1CCNCC1.O=C(O)C(F)(F)F. The van der Waals surface area contributed by atoms with Crippen LogP contribution in [-0.4, -0.2) is 74.8 Å². The Morgan fingerprint density at radius 1 is 1.26 bits per heavy atom. The number of ether oxygens (including phenoxy) is 1. The Morgan fingerprint density at radius 2 is 1.79 bits per heavy atom. The summed E-state index contributed by atoms with van der Waals surface area (Å²) in [5.41, 5.74) is 0. The Bertz CT molecular complexity index is 245. The maximum atomic E-state index is 11.6. The van der Waals surface area contributed by atoms with Crippen LogP contribution in [0.25, 0.3) is 0 Å². The smallest absolute Gasteiger partial charge is 0.475 e. The Kier molecular flexibility index (Phi) is 9.44. The first-order valence-corrected chi connectivity index (χ1v) is 5.75. The molecule has 1 rings (SSSR count). The highest BCUT2D eigenvalue weighted by atomic mass is 19.4. The molecule has 9 heteroatoms. The van der Waals surface area contributed by atoms with Crippen LogP contribution in [0.1, 0.15) is 0 Å². The molecule has 1 aliphatic rings. The number of carbonyl (C=O) groups is 1. The lowest BCUT2D eigenvalue weighted by Crippen LogP contribution is -2.44. The molecule has 0 spiro atoms. The monoisotopic (exact) mass is 290 g/mol. The van der Waals surface area contributed by atoms with E-state index in [1.165, 1.54) is 0 Å². The van der Waals surface area contributed by atoms with Crippen LogP contribution in [0.2, 0.25) is 0 Å². The number of aliphatic carboxylic acids is 1. The fraction of sp³-hybridized carbons (Fsp3) is 0.900. The van der Waals surface area contributed by atoms with Gasteiger partial charge in [-0.2, -0.15) is 13.2 Å². The standard InChI is InChI=1S/C8H17FN2O.C2HF3O2/c9-1-7-12-8-6-11-4-2-10-3-5-11;3-2(4,5)1(6)7/h10H,1-8H2;(H,6,7). The lowest BCUT2D eigenvalue weighted by atomic mass is 10.4. The fourth-order valence-electron chi connectivity index (χ4n) is 1.29. The van der Waals surface area contributed by atoms with E-state index in [9.17, 15) is 17.6 Å². The van der Waals surface area contributed by atoms with Crippen LogP contribution < -0.4 is 5.32 Å². The normalized spacial score (nSPS) is 16.6. The van der Waals surface area contributed by atoms with Crippen molar-refractivity contribution in [1.29, 1.82) is 0 Å². The Hall–Kier alpha value is -0.930. The van der Waals surface area contributed by atoms with E-state index >= 15 is 0 Å². The largest absolute Gasteiger partial charge is 0.490 e. The summed E-state index contributed by atoms with van der Waals surface area (Å²) in [6.45, 7) is 5.74. The van der Waals surface area contributed by atoms with Gasteiger partial charge in [0.25, 0.3) is 0 Å². The molecule has 0 aromatic rings. The molecule has 5 nitrogen and oxygen atoms in total. The van der Waals surface area contributed by atoms with E-state index in [1.807, 2.05) is 0 Å². The lowest BCUT2D eigenvalue weighted by molar-refractivity contribution is -0.192. The van der Waals surface area contributed by atoms with E-state index in [4.69, 9.17) is 14.6 Å². The van der Waals surface area contributed by atoms with E-state index in [0.29, 0.717) is 6.61 Å². The molecule has 1 aliphatic heterocycles. The lowest BCUT2D eigenvalue weighted by Gasteiger charge is -2.26. The molecule has 0 bridgehead atoms. The van der Waals surface area contributed by atoms with E-state index in [-0.39, 0.29) is 13.3 Å². The van der Waals surface area contributed by atoms with E-state index in [2.05, 4.69) is 10.2 Å². The summed E-state index contributed by atoms with van der Waals surface area (Å²) in [6.07, 6.45) is -5.08. The molecule has 1 fully saturated rings. The second kappa shape index (κ2) is 9.93. The number of alkyl halides is 4. The van der Waals surface area contributed by atoms with Gasteiger partial charge in [-0.3, -0.25) is 4.90 Å². The Morgan fingerprint density at radius 3 is 2.21 bits per heavy atom. The quantitative estimate of drug-likeness (QED) is 0.571. The molecule has 2 N–H and O–H groups in total. The molecular formula is C10H18F4N2O3. The zero-order valence-electron chi connectivity index (χ0n) is 10.4. The molecule has 0 amide bonds. The van der Waals surface area contributed by atoms with Gasteiger partial charge in [0.2, 0.25) is 0 Å². The van der Waals surface area contributed by atoms with Gasteiger partial charge in [-0.1, -0.05) is 0 Å². The minimum atomic E-state index is -5.08. The van der Waals surface area contributed by atoms with Gasteiger partial charge >= 0.3 is 12.1 Å². The number of carboxylic acids is 1. The highest BCUT2D eigenvalue weighted by Gasteiger charge is 2.38. The van der Waals surface area contributed by atoms with Crippen molar-refractivity contribution >= 4 is 5.97 Å². The van der Waals surface area contributed by atoms with Gasteiger partial charge in [-0.05, 0) is 0 Å². The van der Waals surface area contributed by atoms with Gasteiger partial charge in [-0.15, -0.1) is 0 Å². The molecule has 0 radical (unpaired) electrons.